The van der Waals surface area contributed by atoms with Crippen LogP contribution in [-0.4, -0.2) is 41.9 Å². The monoisotopic (exact) mass is 297 g/mol. The minimum atomic E-state index is -0.00299. The Labute approximate surface area is 128 Å². The van der Waals surface area contributed by atoms with Gasteiger partial charge in [0, 0.05) is 38.0 Å². The van der Waals surface area contributed by atoms with Gasteiger partial charge in [-0.3, -0.25) is 9.59 Å². The third-order valence-corrected chi connectivity index (χ3v) is 4.04. The topological polar surface area (TPSA) is 75.4 Å². The number of amides is 2. The molecule has 0 aromatic rings. The minimum Gasteiger partial charge on any atom is -0.353 e. The fourth-order valence-corrected chi connectivity index (χ4v) is 2.84. The molecule has 0 aromatic heterocycles. The molecule has 0 atom stereocenters. The molecule has 1 aliphatic carbocycles. The van der Waals surface area contributed by atoms with Gasteiger partial charge < -0.3 is 16.0 Å². The Bertz CT molecular complexity index is 319. The Kier molecular flexibility index (Phi) is 8.35. The summed E-state index contributed by atoms with van der Waals surface area (Å²) < 4.78 is 0. The van der Waals surface area contributed by atoms with Crippen LogP contribution in [0.1, 0.15) is 65.2 Å². The lowest BCUT2D eigenvalue weighted by atomic mass is 9.92. The molecule has 0 bridgehead atoms. The highest BCUT2D eigenvalue weighted by molar-refractivity contribution is 5.83. The molecule has 5 nitrogen and oxygen atoms in total. The Morgan fingerprint density at radius 1 is 1.05 bits per heavy atom. The quantitative estimate of drug-likeness (QED) is 0.717. The van der Waals surface area contributed by atoms with Crippen molar-refractivity contribution in [2.45, 2.75) is 77.3 Å². The van der Waals surface area contributed by atoms with Crippen LogP contribution in [0.3, 0.4) is 0 Å². The molecule has 0 aromatic carbocycles. The van der Waals surface area contributed by atoms with Gasteiger partial charge in [-0.05, 0) is 38.5 Å². The van der Waals surface area contributed by atoms with Gasteiger partial charge in [0.15, 0.2) is 0 Å². The summed E-state index contributed by atoms with van der Waals surface area (Å²) in [6.45, 7) is 5.70. The van der Waals surface area contributed by atoms with Crippen molar-refractivity contribution in [3.8, 4) is 0 Å². The van der Waals surface area contributed by atoms with Gasteiger partial charge in [0.05, 0.1) is 0 Å². The van der Waals surface area contributed by atoms with Gasteiger partial charge >= 0.3 is 0 Å². The molecule has 0 spiro atoms. The van der Waals surface area contributed by atoms with Crippen molar-refractivity contribution in [3.63, 3.8) is 0 Å². The number of carbonyl (C=O) groups excluding carboxylic acids is 2. The average molecular weight is 297 g/mol. The van der Waals surface area contributed by atoms with E-state index in [-0.39, 0.29) is 23.9 Å². The molecule has 0 unspecified atom stereocenters. The summed E-state index contributed by atoms with van der Waals surface area (Å²) in [5.74, 6) is 0.0938. The van der Waals surface area contributed by atoms with E-state index in [1.165, 1.54) is 0 Å². The average Bonchev–Trinajstić information content (AvgIpc) is 2.47. The Morgan fingerprint density at radius 3 is 2.14 bits per heavy atom. The molecule has 0 saturated heterocycles. The first-order valence-corrected chi connectivity index (χ1v) is 8.39. The number of nitrogens with one attached hydrogen (secondary N) is 1. The lowest BCUT2D eigenvalue weighted by Gasteiger charge is -2.27. The van der Waals surface area contributed by atoms with Gasteiger partial charge in [-0.25, -0.2) is 0 Å². The second kappa shape index (κ2) is 9.77. The Balaban J connectivity index is 2.26. The van der Waals surface area contributed by atoms with Crippen LogP contribution >= 0.6 is 0 Å². The predicted octanol–water partition coefficient (Wildman–Crippen LogP) is 1.80. The first-order chi connectivity index (χ1) is 10.1. The van der Waals surface area contributed by atoms with Crippen molar-refractivity contribution >= 4 is 11.8 Å². The molecule has 0 radical (unpaired) electrons. The zero-order chi connectivity index (χ0) is 15.7. The molecule has 0 heterocycles. The molecule has 1 fully saturated rings. The van der Waals surface area contributed by atoms with Gasteiger partial charge in [0.25, 0.3) is 0 Å². The van der Waals surface area contributed by atoms with Crippen LogP contribution in [0, 0.1) is 0 Å². The van der Waals surface area contributed by atoms with Crippen LogP contribution in [0.2, 0.25) is 0 Å². The van der Waals surface area contributed by atoms with E-state index in [1.54, 1.807) is 0 Å². The van der Waals surface area contributed by atoms with E-state index < -0.39 is 0 Å². The van der Waals surface area contributed by atoms with Gasteiger partial charge in [0.1, 0.15) is 0 Å². The van der Waals surface area contributed by atoms with E-state index in [0.717, 1.165) is 51.6 Å². The summed E-state index contributed by atoms with van der Waals surface area (Å²) in [5.41, 5.74) is 5.85. The van der Waals surface area contributed by atoms with E-state index >= 15 is 0 Å². The Morgan fingerprint density at radius 2 is 1.62 bits per heavy atom. The highest BCUT2D eigenvalue weighted by atomic mass is 16.2. The van der Waals surface area contributed by atoms with Crippen LogP contribution in [0.25, 0.3) is 0 Å². The number of rotatable bonds is 8. The van der Waals surface area contributed by atoms with E-state index in [4.69, 9.17) is 5.73 Å². The fourth-order valence-electron chi connectivity index (χ4n) is 2.84. The zero-order valence-corrected chi connectivity index (χ0v) is 13.6. The molecule has 1 saturated carbocycles. The molecule has 122 valence electrons. The third-order valence-electron chi connectivity index (χ3n) is 4.04. The van der Waals surface area contributed by atoms with Crippen LogP contribution in [0.4, 0.5) is 0 Å². The molecule has 3 N–H and O–H groups in total. The number of hydrogen-bond acceptors (Lipinski definition) is 3. The third kappa shape index (κ3) is 6.93. The van der Waals surface area contributed by atoms with E-state index in [2.05, 4.69) is 19.2 Å². The standard InChI is InChI=1S/C16H31N3O2/c1-3-11-19(12-4-2)16(21)10-9-15(20)18-14-7-5-13(17)6-8-14/h13-14H,3-12,17H2,1-2H3,(H,18,20). The highest BCUT2D eigenvalue weighted by Gasteiger charge is 2.20. The molecule has 5 heteroatoms. The van der Waals surface area contributed by atoms with Crippen molar-refractivity contribution in [2.75, 3.05) is 13.1 Å². The predicted molar refractivity (Wildman–Crippen MR) is 84.8 cm³/mol. The molecule has 1 rings (SSSR count). The van der Waals surface area contributed by atoms with Crippen molar-refractivity contribution in [1.29, 1.82) is 0 Å². The van der Waals surface area contributed by atoms with Gasteiger partial charge in [-0.2, -0.15) is 0 Å². The second-order valence-corrected chi connectivity index (χ2v) is 6.06. The van der Waals surface area contributed by atoms with Crippen LogP contribution in [-0.2, 0) is 9.59 Å². The maximum Gasteiger partial charge on any atom is 0.223 e. The summed E-state index contributed by atoms with van der Waals surface area (Å²) in [7, 11) is 0. The van der Waals surface area contributed by atoms with Gasteiger partial charge in [-0.15, -0.1) is 0 Å². The maximum atomic E-state index is 12.1. The van der Waals surface area contributed by atoms with Crippen LogP contribution < -0.4 is 11.1 Å². The van der Waals surface area contributed by atoms with E-state index in [1.807, 2.05) is 4.90 Å². The smallest absolute Gasteiger partial charge is 0.223 e. The summed E-state index contributed by atoms with van der Waals surface area (Å²) in [5, 5.41) is 3.03. The van der Waals surface area contributed by atoms with Crippen LogP contribution in [0.5, 0.6) is 0 Å². The second-order valence-electron chi connectivity index (χ2n) is 6.06. The van der Waals surface area contributed by atoms with Crippen molar-refractivity contribution in [3.05, 3.63) is 0 Å². The molecular weight excluding hydrogens is 266 g/mol. The zero-order valence-electron chi connectivity index (χ0n) is 13.6. The molecule has 0 aliphatic heterocycles. The van der Waals surface area contributed by atoms with E-state index in [9.17, 15) is 9.59 Å². The molecule has 21 heavy (non-hydrogen) atoms. The first kappa shape index (κ1) is 18.0. The molecular formula is C16H31N3O2. The lowest BCUT2D eigenvalue weighted by molar-refractivity contribution is -0.133. The first-order valence-electron chi connectivity index (χ1n) is 8.39. The van der Waals surface area contributed by atoms with Gasteiger partial charge in [-0.1, -0.05) is 13.8 Å². The number of hydrogen-bond donors (Lipinski definition) is 2. The summed E-state index contributed by atoms with van der Waals surface area (Å²) in [6, 6.07) is 0.533. The summed E-state index contributed by atoms with van der Waals surface area (Å²) >= 11 is 0. The van der Waals surface area contributed by atoms with Crippen molar-refractivity contribution in [1.82, 2.24) is 10.2 Å². The molecule has 1 aliphatic rings. The lowest BCUT2D eigenvalue weighted by Crippen LogP contribution is -2.41. The Hall–Kier alpha value is -1.10. The van der Waals surface area contributed by atoms with Crippen molar-refractivity contribution in [2.24, 2.45) is 5.73 Å². The van der Waals surface area contributed by atoms with Crippen molar-refractivity contribution < 1.29 is 9.59 Å². The van der Waals surface area contributed by atoms with Crippen LogP contribution in [0.15, 0.2) is 0 Å². The highest BCUT2D eigenvalue weighted by Crippen LogP contribution is 2.17. The SMILES string of the molecule is CCCN(CCC)C(=O)CCC(=O)NC1CCC(N)CC1. The van der Waals surface area contributed by atoms with E-state index in [0.29, 0.717) is 12.8 Å². The minimum absolute atomic E-state index is 0.00299. The summed E-state index contributed by atoms with van der Waals surface area (Å²) in [4.78, 5) is 25.9. The number of carbonyl (C=O) groups is 2. The fraction of sp³-hybridized carbons (Fsp3) is 0.875. The number of nitrogens with two attached hydrogens (primary N) is 1. The maximum absolute atomic E-state index is 12.1. The van der Waals surface area contributed by atoms with Gasteiger partial charge in [0.2, 0.25) is 11.8 Å². The summed E-state index contributed by atoms with van der Waals surface area (Å²) in [6.07, 6.45) is 6.40. The largest absolute Gasteiger partial charge is 0.353 e. The number of nitrogens with zero attached hydrogens (tertiary/aromatic N) is 1. The molecule has 2 amide bonds. The normalized spacial score (nSPS) is 21.9.